The minimum Gasteiger partial charge on any atom is -0.490 e. The van der Waals surface area contributed by atoms with Crippen LogP contribution in [-0.4, -0.2) is 17.7 Å². The van der Waals surface area contributed by atoms with Gasteiger partial charge in [-0.3, -0.25) is 9.69 Å². The second-order valence-corrected chi connectivity index (χ2v) is 11.2. The minimum atomic E-state index is -0.359. The molecule has 0 radical (unpaired) electrons. The summed E-state index contributed by atoms with van der Waals surface area (Å²) in [6.45, 7) is 6.42. The van der Waals surface area contributed by atoms with Crippen molar-refractivity contribution in [2.24, 2.45) is 4.99 Å². The number of rotatable bonds is 10. The lowest BCUT2D eigenvalue weighted by atomic mass is 10.1. The van der Waals surface area contributed by atoms with E-state index in [2.05, 4.69) is 13.8 Å². The summed E-state index contributed by atoms with van der Waals surface area (Å²) in [4.78, 5) is 20.8. The molecule has 0 spiro atoms. The van der Waals surface area contributed by atoms with Crippen LogP contribution in [0.1, 0.15) is 43.0 Å². The molecule has 1 amide bonds. The molecule has 0 saturated carbocycles. The highest BCUT2D eigenvalue weighted by molar-refractivity contribution is 8.19. The maximum absolute atomic E-state index is 14.2. The Kier molecular flexibility index (Phi) is 9.85. The van der Waals surface area contributed by atoms with Gasteiger partial charge in [-0.25, -0.2) is 9.38 Å². The number of carbonyl (C=O) groups is 1. The van der Waals surface area contributed by atoms with Crippen molar-refractivity contribution in [3.63, 3.8) is 0 Å². The summed E-state index contributed by atoms with van der Waals surface area (Å²) in [5.74, 6) is 0.176. The van der Waals surface area contributed by atoms with E-state index in [1.807, 2.05) is 55.5 Å². The smallest absolute Gasteiger partial charge is 0.271 e. The number of amides is 1. The Balaban J connectivity index is 1.49. The van der Waals surface area contributed by atoms with Crippen molar-refractivity contribution < 1.29 is 18.7 Å². The number of amidine groups is 1. The van der Waals surface area contributed by atoms with Gasteiger partial charge < -0.3 is 9.47 Å². The van der Waals surface area contributed by atoms with E-state index in [9.17, 15) is 9.18 Å². The van der Waals surface area contributed by atoms with E-state index in [0.717, 1.165) is 24.2 Å². The highest BCUT2D eigenvalue weighted by Gasteiger charge is 2.35. The van der Waals surface area contributed by atoms with Gasteiger partial charge in [0.1, 0.15) is 12.4 Å². The average Bonchev–Trinajstić information content (AvgIpc) is 3.31. The lowest BCUT2D eigenvalue weighted by molar-refractivity contribution is -0.113. The van der Waals surface area contributed by atoms with Crippen LogP contribution in [0.2, 0.25) is 5.02 Å². The quantitative estimate of drug-likeness (QED) is 0.167. The second-order valence-electron chi connectivity index (χ2n) is 9.83. The molecule has 1 aliphatic rings. The van der Waals surface area contributed by atoms with Crippen molar-refractivity contribution in [3.05, 3.63) is 123 Å². The number of hydrogen-bond acceptors (Lipinski definition) is 5. The zero-order chi connectivity index (χ0) is 30.3. The Morgan fingerprint density at radius 1 is 0.907 bits per heavy atom. The van der Waals surface area contributed by atoms with Crippen molar-refractivity contribution in [2.45, 2.75) is 40.2 Å². The number of thioether (sulfide) groups is 1. The topological polar surface area (TPSA) is 51.1 Å². The zero-order valence-corrected chi connectivity index (χ0v) is 25.8. The summed E-state index contributed by atoms with van der Waals surface area (Å²) in [6, 6.07) is 25.9. The molecule has 4 aromatic rings. The Morgan fingerprint density at radius 2 is 1.58 bits per heavy atom. The van der Waals surface area contributed by atoms with Gasteiger partial charge in [-0.2, -0.15) is 0 Å². The Bertz CT molecular complexity index is 1670. The zero-order valence-electron chi connectivity index (χ0n) is 24.3. The third-order valence-electron chi connectivity index (χ3n) is 6.94. The number of carbonyl (C=O) groups excluding carboxylic acids is 1. The molecule has 0 aliphatic carbocycles. The molecular formula is C35H32ClFN2O3S. The predicted octanol–water partition coefficient (Wildman–Crippen LogP) is 9.39. The third-order valence-corrected chi connectivity index (χ3v) is 8.19. The number of benzene rings is 4. The molecule has 5 nitrogen and oxygen atoms in total. The van der Waals surface area contributed by atoms with E-state index >= 15 is 0 Å². The molecule has 8 heteroatoms. The monoisotopic (exact) mass is 614 g/mol. The standard InChI is InChI=1S/C35H32ClFN2O3S/c1-4-23-11-15-27(16-12-23)38-35-39(28-17-13-24(5-2)14-18-28)34(40)32(43-35)21-25-19-29(36)33(31(20-25)41-6-3)42-22-26-9-7-8-10-30(26)37/h7-21H,4-6,22H2,1-3H3/b32-21-,38-35?. The molecule has 4 aromatic carbocycles. The molecular weight excluding hydrogens is 583 g/mol. The maximum atomic E-state index is 14.2. The molecule has 220 valence electrons. The third kappa shape index (κ3) is 7.12. The van der Waals surface area contributed by atoms with E-state index in [1.54, 1.807) is 41.3 Å². The van der Waals surface area contributed by atoms with Crippen molar-refractivity contribution >= 4 is 51.9 Å². The number of ether oxygens (including phenoxy) is 2. The predicted molar refractivity (Wildman–Crippen MR) is 175 cm³/mol. The van der Waals surface area contributed by atoms with E-state index in [4.69, 9.17) is 26.1 Å². The van der Waals surface area contributed by atoms with Gasteiger partial charge in [0, 0.05) is 5.56 Å². The van der Waals surface area contributed by atoms with Gasteiger partial charge in [0.05, 0.1) is 27.9 Å². The van der Waals surface area contributed by atoms with Crippen LogP contribution < -0.4 is 14.4 Å². The number of hydrogen-bond donors (Lipinski definition) is 0. The molecule has 0 bridgehead atoms. The van der Waals surface area contributed by atoms with Crippen LogP contribution in [-0.2, 0) is 24.2 Å². The molecule has 0 N–H and O–H groups in total. The molecule has 5 rings (SSSR count). The summed E-state index contributed by atoms with van der Waals surface area (Å²) in [7, 11) is 0. The number of aryl methyl sites for hydroxylation is 2. The molecule has 1 saturated heterocycles. The maximum Gasteiger partial charge on any atom is 0.271 e. The van der Waals surface area contributed by atoms with Crippen LogP contribution in [0.15, 0.2) is 94.8 Å². The molecule has 1 fully saturated rings. The van der Waals surface area contributed by atoms with Gasteiger partial charge in [0.25, 0.3) is 5.91 Å². The Hall–Kier alpha value is -4.07. The van der Waals surface area contributed by atoms with Gasteiger partial charge >= 0.3 is 0 Å². The van der Waals surface area contributed by atoms with Gasteiger partial charge in [-0.15, -0.1) is 0 Å². The summed E-state index contributed by atoms with van der Waals surface area (Å²) in [5.41, 5.74) is 4.98. The van der Waals surface area contributed by atoms with E-state index in [-0.39, 0.29) is 18.3 Å². The highest BCUT2D eigenvalue weighted by Crippen LogP contribution is 2.41. The number of aliphatic imine (C=N–C) groups is 1. The average molecular weight is 615 g/mol. The number of halogens is 2. The first-order valence-corrected chi connectivity index (χ1v) is 15.4. The van der Waals surface area contributed by atoms with Gasteiger partial charge in [-0.1, -0.05) is 67.9 Å². The van der Waals surface area contributed by atoms with Crippen molar-refractivity contribution in [2.75, 3.05) is 11.5 Å². The molecule has 0 unspecified atom stereocenters. The van der Waals surface area contributed by atoms with Gasteiger partial charge in [0.15, 0.2) is 16.7 Å². The highest BCUT2D eigenvalue weighted by atomic mass is 35.5. The van der Waals surface area contributed by atoms with Crippen molar-refractivity contribution in [1.82, 2.24) is 0 Å². The fourth-order valence-electron chi connectivity index (χ4n) is 4.56. The van der Waals surface area contributed by atoms with Crippen LogP contribution >= 0.6 is 23.4 Å². The van der Waals surface area contributed by atoms with Crippen LogP contribution in [0.5, 0.6) is 11.5 Å². The van der Waals surface area contributed by atoms with Crippen molar-refractivity contribution in [3.8, 4) is 11.5 Å². The van der Waals surface area contributed by atoms with Crippen LogP contribution in [0.3, 0.4) is 0 Å². The SMILES string of the molecule is CCOc1cc(/C=C2\SC(=Nc3ccc(CC)cc3)N(c3ccc(CC)cc3)C2=O)cc(Cl)c1OCc1ccccc1F. The molecule has 43 heavy (non-hydrogen) atoms. The Morgan fingerprint density at radius 3 is 2.23 bits per heavy atom. The first kappa shape index (κ1) is 30.4. The number of nitrogens with zero attached hydrogens (tertiary/aromatic N) is 2. The van der Waals surface area contributed by atoms with Crippen LogP contribution in [0, 0.1) is 5.82 Å². The lowest BCUT2D eigenvalue weighted by Gasteiger charge is -2.16. The molecule has 1 aliphatic heterocycles. The van der Waals surface area contributed by atoms with E-state index in [0.29, 0.717) is 44.3 Å². The fourth-order valence-corrected chi connectivity index (χ4v) is 5.84. The summed E-state index contributed by atoms with van der Waals surface area (Å²) in [5, 5.41) is 0.854. The number of anilines is 1. The van der Waals surface area contributed by atoms with Gasteiger partial charge in [0.2, 0.25) is 0 Å². The fraction of sp³-hybridized carbons (Fsp3) is 0.200. The summed E-state index contributed by atoms with van der Waals surface area (Å²) >= 11 is 7.96. The lowest BCUT2D eigenvalue weighted by Crippen LogP contribution is -2.28. The first-order chi connectivity index (χ1) is 20.9. The van der Waals surface area contributed by atoms with E-state index < -0.39 is 0 Å². The minimum absolute atomic E-state index is 0.00786. The second kappa shape index (κ2) is 13.9. The normalized spacial score (nSPS) is 15.0. The molecule has 0 atom stereocenters. The van der Waals surface area contributed by atoms with E-state index in [1.165, 1.54) is 29.0 Å². The van der Waals surface area contributed by atoms with Crippen molar-refractivity contribution in [1.29, 1.82) is 0 Å². The molecule has 1 heterocycles. The van der Waals surface area contributed by atoms with Gasteiger partial charge in [-0.05, 0) is 96.8 Å². The summed E-state index contributed by atoms with van der Waals surface area (Å²) < 4.78 is 25.9. The van der Waals surface area contributed by atoms with Crippen LogP contribution in [0.4, 0.5) is 15.8 Å². The van der Waals surface area contributed by atoms with Crippen LogP contribution in [0.25, 0.3) is 6.08 Å². The first-order valence-electron chi connectivity index (χ1n) is 14.2. The molecule has 0 aromatic heterocycles. The summed E-state index contributed by atoms with van der Waals surface area (Å²) in [6.07, 6.45) is 3.62. The Labute approximate surface area is 261 Å². The largest absolute Gasteiger partial charge is 0.490 e.